The summed E-state index contributed by atoms with van der Waals surface area (Å²) >= 11 is 0. The first-order valence-corrected chi connectivity index (χ1v) is 11.3. The lowest BCUT2D eigenvalue weighted by Gasteiger charge is -2.23. The maximum Gasteiger partial charge on any atom is 0.261 e. The second kappa shape index (κ2) is 10.6. The van der Waals surface area contributed by atoms with Crippen molar-refractivity contribution in [2.75, 3.05) is 13.7 Å². The van der Waals surface area contributed by atoms with E-state index in [1.165, 1.54) is 0 Å². The van der Waals surface area contributed by atoms with Gasteiger partial charge in [0.25, 0.3) is 5.91 Å². The van der Waals surface area contributed by atoms with Crippen LogP contribution in [0.2, 0.25) is 0 Å². The Hall–Kier alpha value is -3.86. The molecule has 5 nitrogen and oxygen atoms in total. The van der Waals surface area contributed by atoms with Gasteiger partial charge in [0.05, 0.1) is 12.8 Å². The number of carbonyl (C=O) groups is 1. The third kappa shape index (κ3) is 4.98. The first kappa shape index (κ1) is 22.3. The van der Waals surface area contributed by atoms with Crippen LogP contribution in [0.25, 0.3) is 16.9 Å². The van der Waals surface area contributed by atoms with Crippen LogP contribution in [-0.2, 0) is 6.54 Å². The van der Waals surface area contributed by atoms with Gasteiger partial charge >= 0.3 is 0 Å². The molecule has 1 amide bonds. The van der Waals surface area contributed by atoms with E-state index in [-0.39, 0.29) is 5.91 Å². The van der Waals surface area contributed by atoms with Crippen molar-refractivity contribution >= 4 is 5.91 Å². The molecule has 1 aromatic heterocycles. The van der Waals surface area contributed by atoms with Crippen molar-refractivity contribution in [3.8, 4) is 22.8 Å². The Labute approximate surface area is 195 Å². The Kier molecular flexibility index (Phi) is 7.20. The summed E-state index contributed by atoms with van der Waals surface area (Å²) in [5, 5.41) is 4.86. The Bertz CT molecular complexity index is 1170. The molecule has 0 atom stereocenters. The van der Waals surface area contributed by atoms with E-state index in [9.17, 15) is 4.79 Å². The minimum absolute atomic E-state index is 0.0785. The fourth-order valence-electron chi connectivity index (χ4n) is 3.89. The van der Waals surface area contributed by atoms with Gasteiger partial charge < -0.3 is 9.64 Å². The number of hydrogen-bond acceptors (Lipinski definition) is 3. The van der Waals surface area contributed by atoms with Gasteiger partial charge in [0, 0.05) is 18.7 Å². The van der Waals surface area contributed by atoms with Crippen LogP contribution in [-0.4, -0.2) is 34.2 Å². The predicted octanol–water partition coefficient (Wildman–Crippen LogP) is 5.99. The van der Waals surface area contributed by atoms with E-state index in [4.69, 9.17) is 9.84 Å². The number of ether oxygens (including phenoxy) is 1. The molecule has 4 rings (SSSR count). The maximum absolute atomic E-state index is 14.1. The van der Waals surface area contributed by atoms with E-state index < -0.39 is 0 Å². The summed E-state index contributed by atoms with van der Waals surface area (Å²) < 4.78 is 7.53. The largest absolute Gasteiger partial charge is 0.480 e. The third-order valence-corrected chi connectivity index (χ3v) is 5.58. The molecule has 33 heavy (non-hydrogen) atoms. The molecule has 0 aliphatic rings. The zero-order valence-electron chi connectivity index (χ0n) is 19.1. The van der Waals surface area contributed by atoms with E-state index in [2.05, 4.69) is 19.1 Å². The highest BCUT2D eigenvalue weighted by Crippen LogP contribution is 2.34. The van der Waals surface area contributed by atoms with Crippen LogP contribution in [0.1, 0.15) is 35.7 Å². The van der Waals surface area contributed by atoms with Crippen LogP contribution in [0.5, 0.6) is 5.88 Å². The van der Waals surface area contributed by atoms with Crippen molar-refractivity contribution in [3.05, 3.63) is 102 Å². The lowest BCUT2D eigenvalue weighted by molar-refractivity contribution is 0.0738. The van der Waals surface area contributed by atoms with Crippen LogP contribution in [0.15, 0.2) is 91.0 Å². The van der Waals surface area contributed by atoms with Gasteiger partial charge in [-0.2, -0.15) is 9.78 Å². The molecule has 0 N–H and O–H groups in total. The average molecular weight is 440 g/mol. The zero-order chi connectivity index (χ0) is 23.0. The fourth-order valence-corrected chi connectivity index (χ4v) is 3.89. The van der Waals surface area contributed by atoms with Gasteiger partial charge in [-0.25, -0.2) is 0 Å². The van der Waals surface area contributed by atoms with Crippen LogP contribution in [0.3, 0.4) is 0 Å². The molecule has 1 heterocycles. The lowest BCUT2D eigenvalue weighted by Crippen LogP contribution is -2.32. The molecular formula is C28H29N3O2. The number of benzene rings is 3. The van der Waals surface area contributed by atoms with Crippen molar-refractivity contribution in [1.29, 1.82) is 0 Å². The predicted molar refractivity (Wildman–Crippen MR) is 132 cm³/mol. The van der Waals surface area contributed by atoms with Gasteiger partial charge in [-0.05, 0) is 24.1 Å². The van der Waals surface area contributed by atoms with Crippen molar-refractivity contribution < 1.29 is 9.53 Å². The molecule has 168 valence electrons. The second-order valence-corrected chi connectivity index (χ2v) is 7.91. The molecule has 0 spiro atoms. The average Bonchev–Trinajstić information content (AvgIpc) is 3.27. The summed E-state index contributed by atoms with van der Waals surface area (Å²) in [6, 6.07) is 29.7. The van der Waals surface area contributed by atoms with Gasteiger partial charge in [0.2, 0.25) is 5.88 Å². The number of para-hydroxylation sites is 1. The van der Waals surface area contributed by atoms with Crippen molar-refractivity contribution in [2.45, 2.75) is 26.3 Å². The third-order valence-electron chi connectivity index (χ3n) is 5.58. The van der Waals surface area contributed by atoms with Crippen molar-refractivity contribution in [2.24, 2.45) is 0 Å². The summed E-state index contributed by atoms with van der Waals surface area (Å²) in [5.41, 5.74) is 3.92. The van der Waals surface area contributed by atoms with Gasteiger partial charge in [-0.15, -0.1) is 0 Å². The smallest absolute Gasteiger partial charge is 0.261 e. The van der Waals surface area contributed by atoms with Crippen LogP contribution in [0.4, 0.5) is 0 Å². The monoisotopic (exact) mass is 439 g/mol. The molecule has 0 fully saturated rings. The highest BCUT2D eigenvalue weighted by atomic mass is 16.5. The van der Waals surface area contributed by atoms with Gasteiger partial charge in [0.1, 0.15) is 11.3 Å². The molecule has 0 saturated carbocycles. The number of aromatic nitrogens is 2. The Balaban J connectivity index is 1.84. The molecule has 0 radical (unpaired) electrons. The molecule has 0 aliphatic heterocycles. The number of amides is 1. The van der Waals surface area contributed by atoms with E-state index >= 15 is 0 Å². The molecule has 0 aliphatic carbocycles. The summed E-state index contributed by atoms with van der Waals surface area (Å²) in [6.07, 6.45) is 1.93. The van der Waals surface area contributed by atoms with E-state index in [0.29, 0.717) is 30.2 Å². The second-order valence-electron chi connectivity index (χ2n) is 7.91. The summed E-state index contributed by atoms with van der Waals surface area (Å²) in [5.74, 6) is 0.366. The van der Waals surface area contributed by atoms with E-state index in [1.807, 2.05) is 83.8 Å². The van der Waals surface area contributed by atoms with Gasteiger partial charge in [0.15, 0.2) is 0 Å². The highest BCUT2D eigenvalue weighted by Gasteiger charge is 2.30. The van der Waals surface area contributed by atoms with Gasteiger partial charge in [-0.3, -0.25) is 4.79 Å². The first-order valence-electron chi connectivity index (χ1n) is 11.3. The Morgan fingerprint density at radius 3 is 2.12 bits per heavy atom. The molecule has 3 aromatic carbocycles. The van der Waals surface area contributed by atoms with Crippen molar-refractivity contribution in [3.63, 3.8) is 0 Å². The standard InChI is InChI=1S/C28H29N3O2/c1-3-4-20-30(21-22-14-8-5-9-15-22)27(32)25-26(23-16-10-6-11-17-23)29-31(28(25)33-2)24-18-12-7-13-19-24/h5-19H,3-4,20-21H2,1-2H3. The highest BCUT2D eigenvalue weighted by molar-refractivity contribution is 6.02. The molecule has 0 unspecified atom stereocenters. The quantitative estimate of drug-likeness (QED) is 0.322. The topological polar surface area (TPSA) is 47.4 Å². The maximum atomic E-state index is 14.1. The minimum Gasteiger partial charge on any atom is -0.480 e. The molecule has 5 heteroatoms. The number of hydrogen-bond donors (Lipinski definition) is 0. The van der Waals surface area contributed by atoms with Crippen LogP contribution < -0.4 is 4.74 Å². The number of methoxy groups -OCH3 is 1. The van der Waals surface area contributed by atoms with Crippen molar-refractivity contribution in [1.82, 2.24) is 14.7 Å². The number of nitrogens with zero attached hydrogens (tertiary/aromatic N) is 3. The van der Waals surface area contributed by atoms with E-state index in [0.717, 1.165) is 29.7 Å². The Morgan fingerprint density at radius 2 is 1.52 bits per heavy atom. The first-order chi connectivity index (χ1) is 16.2. The molecule has 0 saturated heterocycles. The Morgan fingerprint density at radius 1 is 0.909 bits per heavy atom. The SMILES string of the molecule is CCCCN(Cc1ccccc1)C(=O)c1c(-c2ccccc2)nn(-c2ccccc2)c1OC. The summed E-state index contributed by atoms with van der Waals surface area (Å²) in [6.45, 7) is 3.33. The number of rotatable bonds is 9. The number of carbonyl (C=O) groups excluding carboxylic acids is 1. The normalized spacial score (nSPS) is 10.7. The molecular weight excluding hydrogens is 410 g/mol. The van der Waals surface area contributed by atoms with Crippen LogP contribution >= 0.6 is 0 Å². The summed E-state index contributed by atoms with van der Waals surface area (Å²) in [4.78, 5) is 16.0. The van der Waals surface area contributed by atoms with Gasteiger partial charge in [-0.1, -0.05) is 92.2 Å². The fraction of sp³-hybridized carbons (Fsp3) is 0.214. The van der Waals surface area contributed by atoms with E-state index in [1.54, 1.807) is 11.8 Å². The lowest BCUT2D eigenvalue weighted by atomic mass is 10.1. The number of unbranched alkanes of at least 4 members (excludes halogenated alkanes) is 1. The summed E-state index contributed by atoms with van der Waals surface area (Å²) in [7, 11) is 1.59. The zero-order valence-corrected chi connectivity index (χ0v) is 19.1. The van der Waals surface area contributed by atoms with Crippen LogP contribution in [0, 0.1) is 0 Å². The molecule has 4 aromatic rings. The molecule has 0 bridgehead atoms. The minimum atomic E-state index is -0.0785.